The number of hydrogen-bond donors (Lipinski definition) is 0. The van der Waals surface area contributed by atoms with Crippen molar-refractivity contribution in [3.63, 3.8) is 0 Å². The van der Waals surface area contributed by atoms with E-state index >= 15 is 0 Å². The standard InChI is InChI=1S/C47H60Br2O5/c1-29(2)10-9-11-30(3)35-18-20-45(7)39-16-15-38-43(4,5)40(19-21-46(38)28-47(39,46)23-22-44(35,45)6)54-41(50)17-13-31-12-14-36(37(24-31)52-8)53-42(51)32-25-33(48)27-34(49)26-32/h10,12-14,17,24-27,30,35,38-40H,9,11,15-16,18-23,28H2,1-8H3/b17-13+/t30-,35-,38+,39+,40+,44-,45+,46-,47+/m1/s1. The Hall–Kier alpha value is -2.38. The van der Waals surface area contributed by atoms with E-state index in [4.69, 9.17) is 14.2 Å². The van der Waals surface area contributed by atoms with Crippen molar-refractivity contribution in [1.82, 2.24) is 0 Å². The van der Waals surface area contributed by atoms with Crippen LogP contribution in [0.1, 0.15) is 135 Å². The van der Waals surface area contributed by atoms with Gasteiger partial charge in [0.05, 0.1) is 12.7 Å². The summed E-state index contributed by atoms with van der Waals surface area (Å²) in [4.78, 5) is 26.3. The fourth-order valence-corrected chi connectivity index (χ4v) is 14.7. The fraction of sp³-hybridized carbons (Fsp3) is 0.617. The summed E-state index contributed by atoms with van der Waals surface area (Å²) >= 11 is 6.83. The minimum Gasteiger partial charge on any atom is -0.493 e. The van der Waals surface area contributed by atoms with E-state index in [9.17, 15) is 9.59 Å². The van der Waals surface area contributed by atoms with Crippen LogP contribution >= 0.6 is 31.9 Å². The molecule has 7 rings (SSSR count). The molecule has 5 saturated carbocycles. The zero-order valence-electron chi connectivity index (χ0n) is 33.7. The highest BCUT2D eigenvalue weighted by atomic mass is 79.9. The van der Waals surface area contributed by atoms with Crippen LogP contribution in [0.2, 0.25) is 0 Å². The maximum atomic E-state index is 13.4. The highest BCUT2D eigenvalue weighted by Gasteiger charge is 2.82. The van der Waals surface area contributed by atoms with Crippen LogP contribution in [0, 0.1) is 50.7 Å². The Morgan fingerprint density at radius 1 is 0.852 bits per heavy atom. The van der Waals surface area contributed by atoms with Crippen molar-refractivity contribution in [3.05, 3.63) is 74.2 Å². The molecule has 0 aromatic heterocycles. The molecule has 2 spiro atoms. The van der Waals surface area contributed by atoms with Crippen LogP contribution in [0.3, 0.4) is 0 Å². The molecule has 5 aliphatic carbocycles. The number of allylic oxidation sites excluding steroid dienone is 2. The first-order valence-corrected chi connectivity index (χ1v) is 22.0. The van der Waals surface area contributed by atoms with E-state index in [0.29, 0.717) is 44.6 Å². The van der Waals surface area contributed by atoms with Gasteiger partial charge in [0, 0.05) is 20.4 Å². The van der Waals surface area contributed by atoms with Crippen molar-refractivity contribution >= 4 is 49.9 Å². The van der Waals surface area contributed by atoms with Crippen molar-refractivity contribution in [1.29, 1.82) is 0 Å². The summed E-state index contributed by atoms with van der Waals surface area (Å²) in [7, 11) is 1.53. The number of halogens is 2. The average Bonchev–Trinajstić information content (AvgIpc) is 3.69. The molecule has 0 amide bonds. The highest BCUT2D eigenvalue weighted by molar-refractivity contribution is 9.11. The second kappa shape index (κ2) is 14.5. The molecule has 0 aliphatic heterocycles. The van der Waals surface area contributed by atoms with E-state index < -0.39 is 5.97 Å². The van der Waals surface area contributed by atoms with E-state index in [2.05, 4.69) is 86.4 Å². The number of esters is 2. The second-order valence-electron chi connectivity index (χ2n) is 19.1. The molecule has 7 heteroatoms. The van der Waals surface area contributed by atoms with Crippen LogP contribution in [0.4, 0.5) is 0 Å². The quantitative estimate of drug-likeness (QED) is 0.103. The lowest BCUT2D eigenvalue weighted by Gasteiger charge is -2.63. The summed E-state index contributed by atoms with van der Waals surface area (Å²) in [6.07, 6.45) is 19.8. The van der Waals surface area contributed by atoms with Crippen LogP contribution in [0.5, 0.6) is 11.5 Å². The lowest BCUT2D eigenvalue weighted by Crippen LogP contribution is -2.58. The van der Waals surface area contributed by atoms with Gasteiger partial charge in [-0.1, -0.05) is 84.2 Å². The maximum absolute atomic E-state index is 13.4. The van der Waals surface area contributed by atoms with Gasteiger partial charge in [-0.25, -0.2) is 9.59 Å². The monoisotopic (exact) mass is 862 g/mol. The third kappa shape index (κ3) is 6.57. The van der Waals surface area contributed by atoms with Gasteiger partial charge in [-0.3, -0.25) is 0 Å². The summed E-state index contributed by atoms with van der Waals surface area (Å²) < 4.78 is 19.1. The molecule has 5 nitrogen and oxygen atoms in total. The Balaban J connectivity index is 0.996. The predicted molar refractivity (Wildman–Crippen MR) is 223 cm³/mol. The first-order valence-electron chi connectivity index (χ1n) is 20.4. The Kier molecular flexibility index (Phi) is 10.7. The molecule has 292 valence electrons. The lowest BCUT2D eigenvalue weighted by molar-refractivity contribution is -0.179. The van der Waals surface area contributed by atoms with Gasteiger partial charge in [0.1, 0.15) is 6.10 Å². The van der Waals surface area contributed by atoms with Crippen LogP contribution < -0.4 is 9.47 Å². The molecule has 9 atom stereocenters. The number of hydrogen-bond acceptors (Lipinski definition) is 5. The van der Waals surface area contributed by atoms with E-state index in [1.165, 1.54) is 83.0 Å². The number of methoxy groups -OCH3 is 1. The van der Waals surface area contributed by atoms with Gasteiger partial charge in [-0.15, -0.1) is 0 Å². The van der Waals surface area contributed by atoms with E-state index in [1.54, 1.807) is 36.4 Å². The summed E-state index contributed by atoms with van der Waals surface area (Å²) in [6, 6.07) is 10.5. The highest BCUT2D eigenvalue weighted by Crippen LogP contribution is 2.89. The van der Waals surface area contributed by atoms with Crippen LogP contribution in [0.15, 0.2) is 63.1 Å². The van der Waals surface area contributed by atoms with E-state index in [-0.39, 0.29) is 17.5 Å². The zero-order valence-corrected chi connectivity index (χ0v) is 36.8. The fourth-order valence-electron chi connectivity index (χ4n) is 13.4. The van der Waals surface area contributed by atoms with Crippen LogP contribution in [-0.2, 0) is 9.53 Å². The summed E-state index contributed by atoms with van der Waals surface area (Å²) in [5.74, 6) is 2.92. The molecular weight excluding hydrogens is 804 g/mol. The average molecular weight is 865 g/mol. The molecular formula is C47H60Br2O5. The molecule has 0 bridgehead atoms. The van der Waals surface area contributed by atoms with Crippen molar-refractivity contribution in [2.75, 3.05) is 7.11 Å². The van der Waals surface area contributed by atoms with Gasteiger partial charge in [-0.05, 0) is 172 Å². The van der Waals surface area contributed by atoms with Crippen molar-refractivity contribution in [2.45, 2.75) is 125 Å². The molecule has 0 N–H and O–H groups in total. The summed E-state index contributed by atoms with van der Waals surface area (Å²) in [6.45, 7) is 17.2. The Morgan fingerprint density at radius 2 is 1.56 bits per heavy atom. The van der Waals surface area contributed by atoms with Crippen LogP contribution in [0.25, 0.3) is 6.08 Å². The molecule has 2 aromatic rings. The number of benzene rings is 2. The number of carbonyl (C=O) groups is 2. The largest absolute Gasteiger partial charge is 0.493 e. The van der Waals surface area contributed by atoms with E-state index in [1.807, 2.05) is 6.07 Å². The van der Waals surface area contributed by atoms with Gasteiger partial charge in [-0.2, -0.15) is 0 Å². The zero-order chi connectivity index (χ0) is 38.8. The predicted octanol–water partition coefficient (Wildman–Crippen LogP) is 13.2. The van der Waals surface area contributed by atoms with Gasteiger partial charge < -0.3 is 14.2 Å². The van der Waals surface area contributed by atoms with Crippen LogP contribution in [-0.4, -0.2) is 25.2 Å². The third-order valence-corrected chi connectivity index (χ3v) is 17.0. The molecule has 0 heterocycles. The van der Waals surface area contributed by atoms with Gasteiger partial charge in [0.15, 0.2) is 11.5 Å². The Bertz CT molecular complexity index is 1840. The normalized spacial score (nSPS) is 35.1. The number of rotatable bonds is 10. The smallest absolute Gasteiger partial charge is 0.343 e. The topological polar surface area (TPSA) is 61.8 Å². The van der Waals surface area contributed by atoms with Gasteiger partial charge in [0.2, 0.25) is 0 Å². The second-order valence-corrected chi connectivity index (χ2v) is 20.9. The molecule has 0 unspecified atom stereocenters. The maximum Gasteiger partial charge on any atom is 0.343 e. The van der Waals surface area contributed by atoms with Crippen molar-refractivity contribution in [2.24, 2.45) is 50.7 Å². The molecule has 0 saturated heterocycles. The van der Waals surface area contributed by atoms with Crippen molar-refractivity contribution < 1.29 is 23.8 Å². The molecule has 2 aromatic carbocycles. The number of ether oxygens (including phenoxy) is 3. The number of carbonyl (C=O) groups excluding carboxylic acids is 2. The molecule has 5 fully saturated rings. The molecule has 5 aliphatic rings. The van der Waals surface area contributed by atoms with E-state index in [0.717, 1.165) is 38.7 Å². The number of fused-ring (bicyclic) bond motifs is 2. The molecule has 54 heavy (non-hydrogen) atoms. The summed E-state index contributed by atoms with van der Waals surface area (Å²) in [5, 5.41) is 0. The summed E-state index contributed by atoms with van der Waals surface area (Å²) in [5.41, 5.74) is 4.27. The first kappa shape index (κ1) is 39.8. The third-order valence-electron chi connectivity index (χ3n) is 16.1. The SMILES string of the molecule is COc1cc(/C=C/C(=O)O[C@H]2CC[C@]34C[C@]35CC[C@]3(C)[C@@H]([C@H](C)CCC=C(C)C)CC[C@@]3(C)[C@@H]5CC[C@H]4C2(C)C)ccc1OC(=O)c1cc(Br)cc(Br)c1. The minimum absolute atomic E-state index is 0.0752. The van der Waals surface area contributed by atoms with Gasteiger partial charge in [0.25, 0.3) is 0 Å². The lowest BCUT2D eigenvalue weighted by atomic mass is 9.41. The van der Waals surface area contributed by atoms with Gasteiger partial charge >= 0.3 is 11.9 Å². The molecule has 0 radical (unpaired) electrons. The Labute approximate surface area is 340 Å². The Morgan fingerprint density at radius 3 is 2.26 bits per heavy atom. The van der Waals surface area contributed by atoms with Crippen molar-refractivity contribution in [3.8, 4) is 11.5 Å². The minimum atomic E-state index is -0.496. The first-order chi connectivity index (χ1) is 25.5.